The summed E-state index contributed by atoms with van der Waals surface area (Å²) in [6.45, 7) is 1.95. The fraction of sp³-hybridized carbons (Fsp3) is 0.182. The van der Waals surface area contributed by atoms with E-state index in [1.807, 2.05) is 55.5 Å². The molecule has 4 aromatic rings. The van der Waals surface area contributed by atoms with Gasteiger partial charge in [0.2, 0.25) is 0 Å². The van der Waals surface area contributed by atoms with Crippen molar-refractivity contribution in [2.75, 3.05) is 0 Å². The molecule has 0 saturated carbocycles. The van der Waals surface area contributed by atoms with E-state index in [1.54, 1.807) is 18.4 Å². The third-order valence-electron chi connectivity index (χ3n) is 4.36. The van der Waals surface area contributed by atoms with Crippen LogP contribution in [0.4, 0.5) is 0 Å². The number of carbonyl (C=O) groups excluding carboxylic acids is 1. The van der Waals surface area contributed by atoms with Crippen LogP contribution in [0.5, 0.6) is 0 Å². The van der Waals surface area contributed by atoms with Gasteiger partial charge < -0.3 is 14.2 Å². The molecule has 0 unspecified atom stereocenters. The summed E-state index contributed by atoms with van der Waals surface area (Å²) in [7, 11) is 0. The minimum Gasteiger partial charge on any atom is -0.469 e. The second-order valence-electron chi connectivity index (χ2n) is 6.61. The molecule has 1 atom stereocenters. The van der Waals surface area contributed by atoms with Crippen LogP contribution in [0.15, 0.2) is 75.8 Å². The second kappa shape index (κ2) is 7.50. The van der Waals surface area contributed by atoms with Gasteiger partial charge in [0.05, 0.1) is 6.26 Å². The maximum Gasteiger partial charge on any atom is 0.251 e. The van der Waals surface area contributed by atoms with E-state index in [0.29, 0.717) is 29.9 Å². The molecule has 136 valence electrons. The highest BCUT2D eigenvalue weighted by Crippen LogP contribution is 2.19. The monoisotopic (exact) mass is 360 g/mol. The lowest BCUT2D eigenvalue weighted by molar-refractivity contribution is 0.0939. The first-order chi connectivity index (χ1) is 13.2. The number of oxazole rings is 1. The van der Waals surface area contributed by atoms with Crippen molar-refractivity contribution in [3.63, 3.8) is 0 Å². The van der Waals surface area contributed by atoms with Crippen LogP contribution >= 0.6 is 0 Å². The minimum absolute atomic E-state index is 0.0392. The van der Waals surface area contributed by atoms with Gasteiger partial charge in [-0.2, -0.15) is 0 Å². The summed E-state index contributed by atoms with van der Waals surface area (Å²) < 4.78 is 11.2. The van der Waals surface area contributed by atoms with Gasteiger partial charge >= 0.3 is 0 Å². The van der Waals surface area contributed by atoms with E-state index in [-0.39, 0.29) is 11.9 Å². The van der Waals surface area contributed by atoms with Gasteiger partial charge in [0.25, 0.3) is 5.91 Å². The molecule has 1 amide bonds. The maximum atomic E-state index is 12.5. The molecule has 0 aliphatic rings. The van der Waals surface area contributed by atoms with Crippen molar-refractivity contribution in [2.45, 2.75) is 25.8 Å². The van der Waals surface area contributed by atoms with Crippen molar-refractivity contribution in [3.8, 4) is 0 Å². The van der Waals surface area contributed by atoms with Crippen LogP contribution in [-0.2, 0) is 12.8 Å². The van der Waals surface area contributed by atoms with E-state index in [2.05, 4.69) is 10.3 Å². The minimum atomic E-state index is -0.142. The number of amides is 1. The lowest BCUT2D eigenvalue weighted by atomic mass is 10.1. The summed E-state index contributed by atoms with van der Waals surface area (Å²) in [5.74, 6) is 1.34. The first-order valence-electron chi connectivity index (χ1n) is 8.94. The van der Waals surface area contributed by atoms with E-state index in [4.69, 9.17) is 8.83 Å². The lowest BCUT2D eigenvalue weighted by Gasteiger charge is -2.12. The lowest BCUT2D eigenvalue weighted by Crippen LogP contribution is -2.33. The Balaban J connectivity index is 1.46. The molecular formula is C22H20N2O3. The molecule has 0 saturated heterocycles. The van der Waals surface area contributed by atoms with Gasteiger partial charge in [0, 0.05) is 24.4 Å². The van der Waals surface area contributed by atoms with Crippen molar-refractivity contribution in [3.05, 3.63) is 89.7 Å². The number of benzene rings is 2. The SMILES string of the molecule is C[C@@H](Cc1ccco1)NC(=O)c1ccc2nc(Cc3ccccc3)oc2c1. The number of rotatable bonds is 6. The second-order valence-corrected chi connectivity index (χ2v) is 6.61. The zero-order valence-electron chi connectivity index (χ0n) is 15.0. The first-order valence-corrected chi connectivity index (χ1v) is 8.94. The Morgan fingerprint density at radius 2 is 1.96 bits per heavy atom. The number of furan rings is 1. The molecular weight excluding hydrogens is 340 g/mol. The van der Waals surface area contributed by atoms with Gasteiger partial charge in [0.1, 0.15) is 11.3 Å². The summed E-state index contributed by atoms with van der Waals surface area (Å²) in [5.41, 5.74) is 3.05. The molecule has 0 radical (unpaired) electrons. The van der Waals surface area contributed by atoms with Gasteiger partial charge in [-0.15, -0.1) is 0 Å². The van der Waals surface area contributed by atoms with Gasteiger partial charge in [0.15, 0.2) is 11.5 Å². The summed E-state index contributed by atoms with van der Waals surface area (Å²) in [6, 6.07) is 19.1. The quantitative estimate of drug-likeness (QED) is 0.554. The molecule has 2 heterocycles. The summed E-state index contributed by atoms with van der Waals surface area (Å²) in [6.07, 6.45) is 2.90. The molecule has 0 spiro atoms. The Morgan fingerprint density at radius 1 is 1.11 bits per heavy atom. The van der Waals surface area contributed by atoms with Gasteiger partial charge in [-0.3, -0.25) is 4.79 Å². The fourth-order valence-electron chi connectivity index (χ4n) is 3.05. The normalized spacial score (nSPS) is 12.2. The third kappa shape index (κ3) is 4.08. The predicted octanol–water partition coefficient (Wildman–Crippen LogP) is 4.37. The molecule has 4 rings (SSSR count). The van der Waals surface area contributed by atoms with E-state index >= 15 is 0 Å². The van der Waals surface area contributed by atoms with Gasteiger partial charge in [-0.25, -0.2) is 4.98 Å². The van der Waals surface area contributed by atoms with Crippen molar-refractivity contribution in [2.24, 2.45) is 0 Å². The van der Waals surface area contributed by atoms with Crippen molar-refractivity contribution in [1.82, 2.24) is 10.3 Å². The average Bonchev–Trinajstić information content (AvgIpc) is 3.30. The van der Waals surface area contributed by atoms with E-state index in [1.165, 1.54) is 0 Å². The van der Waals surface area contributed by atoms with Crippen LogP contribution in [0.3, 0.4) is 0 Å². The summed E-state index contributed by atoms with van der Waals surface area (Å²) in [4.78, 5) is 17.0. The molecule has 0 aliphatic carbocycles. The number of hydrogen-bond acceptors (Lipinski definition) is 4. The molecule has 0 fully saturated rings. The van der Waals surface area contributed by atoms with Gasteiger partial charge in [-0.1, -0.05) is 30.3 Å². The molecule has 5 nitrogen and oxygen atoms in total. The number of aromatic nitrogens is 1. The first kappa shape index (κ1) is 17.1. The molecule has 1 N–H and O–H groups in total. The average molecular weight is 360 g/mol. The summed E-state index contributed by atoms with van der Waals surface area (Å²) >= 11 is 0. The predicted molar refractivity (Wildman–Crippen MR) is 103 cm³/mol. The largest absolute Gasteiger partial charge is 0.469 e. The van der Waals surface area contributed by atoms with Crippen molar-refractivity contribution < 1.29 is 13.6 Å². The fourth-order valence-corrected chi connectivity index (χ4v) is 3.05. The van der Waals surface area contributed by atoms with Gasteiger partial charge in [-0.05, 0) is 42.8 Å². The van der Waals surface area contributed by atoms with Crippen LogP contribution in [0.1, 0.15) is 34.5 Å². The summed E-state index contributed by atoms with van der Waals surface area (Å²) in [5, 5.41) is 2.98. The Morgan fingerprint density at radius 3 is 2.74 bits per heavy atom. The van der Waals surface area contributed by atoms with Crippen molar-refractivity contribution in [1.29, 1.82) is 0 Å². The number of nitrogens with one attached hydrogen (secondary N) is 1. The molecule has 0 bridgehead atoms. The third-order valence-corrected chi connectivity index (χ3v) is 4.36. The van der Waals surface area contributed by atoms with Crippen LogP contribution < -0.4 is 5.32 Å². The smallest absolute Gasteiger partial charge is 0.251 e. The van der Waals surface area contributed by atoms with E-state index in [9.17, 15) is 4.79 Å². The standard InChI is InChI=1S/C22H20N2O3/c1-15(12-18-8-5-11-26-18)23-22(25)17-9-10-19-20(14-17)27-21(24-19)13-16-6-3-2-4-7-16/h2-11,14-15H,12-13H2,1H3,(H,23,25)/t15-/m0/s1. The molecule has 27 heavy (non-hydrogen) atoms. The maximum absolute atomic E-state index is 12.5. The zero-order chi connectivity index (χ0) is 18.6. The molecule has 5 heteroatoms. The molecule has 2 aromatic carbocycles. The van der Waals surface area contributed by atoms with E-state index in [0.717, 1.165) is 16.8 Å². The van der Waals surface area contributed by atoms with Crippen LogP contribution in [0, 0.1) is 0 Å². The Hall–Kier alpha value is -3.34. The van der Waals surface area contributed by atoms with E-state index < -0.39 is 0 Å². The molecule has 2 aromatic heterocycles. The highest BCUT2D eigenvalue weighted by atomic mass is 16.3. The van der Waals surface area contributed by atoms with Crippen LogP contribution in [0.2, 0.25) is 0 Å². The zero-order valence-corrected chi connectivity index (χ0v) is 15.0. The number of hydrogen-bond donors (Lipinski definition) is 1. The number of fused-ring (bicyclic) bond motifs is 1. The highest BCUT2D eigenvalue weighted by Gasteiger charge is 2.14. The Labute approximate surface area is 157 Å². The topological polar surface area (TPSA) is 68.3 Å². The number of carbonyl (C=O) groups is 1. The Kier molecular flexibility index (Phi) is 4.75. The highest BCUT2D eigenvalue weighted by molar-refractivity contribution is 5.97. The van der Waals surface area contributed by atoms with Crippen molar-refractivity contribution >= 4 is 17.0 Å². The number of nitrogens with zero attached hydrogens (tertiary/aromatic N) is 1. The Bertz CT molecular complexity index is 1040. The van der Waals surface area contributed by atoms with Crippen LogP contribution in [-0.4, -0.2) is 16.9 Å². The molecule has 0 aliphatic heterocycles. The van der Waals surface area contributed by atoms with Crippen LogP contribution in [0.25, 0.3) is 11.1 Å².